The van der Waals surface area contributed by atoms with Crippen molar-refractivity contribution in [3.8, 4) is 0 Å². The van der Waals surface area contributed by atoms with Crippen LogP contribution in [-0.4, -0.2) is 41.9 Å². The minimum Gasteiger partial charge on any atom is -0.389 e. The highest BCUT2D eigenvalue weighted by Crippen LogP contribution is 2.13. The summed E-state index contributed by atoms with van der Waals surface area (Å²) in [6, 6.07) is 8.48. The highest BCUT2D eigenvalue weighted by molar-refractivity contribution is 5.25. The lowest BCUT2D eigenvalue weighted by Crippen LogP contribution is -2.36. The number of aliphatic hydroxyl groups is 1. The maximum Gasteiger partial charge on any atom is 0.0900 e. The van der Waals surface area contributed by atoms with Gasteiger partial charge in [0.05, 0.1) is 18.8 Å². The first-order valence-electron chi connectivity index (χ1n) is 8.45. The average molecular weight is 307 g/mol. The molecule has 3 heteroatoms. The predicted molar refractivity (Wildman–Crippen MR) is 93.0 cm³/mol. The SMILES string of the molecule is Cc1ccccc1CN(CCC(C)C)CC(O)COC(C)C. The fourth-order valence-corrected chi connectivity index (χ4v) is 2.36. The first-order chi connectivity index (χ1) is 10.4. The fraction of sp³-hybridized carbons (Fsp3) is 0.684. The predicted octanol–water partition coefficient (Wildman–Crippen LogP) is 3.63. The zero-order valence-electron chi connectivity index (χ0n) is 14.9. The van der Waals surface area contributed by atoms with E-state index in [4.69, 9.17) is 4.74 Å². The molecule has 126 valence electrons. The second-order valence-electron chi connectivity index (χ2n) is 6.88. The van der Waals surface area contributed by atoms with Crippen LogP contribution >= 0.6 is 0 Å². The molecule has 22 heavy (non-hydrogen) atoms. The summed E-state index contributed by atoms with van der Waals surface area (Å²) in [7, 11) is 0. The topological polar surface area (TPSA) is 32.7 Å². The first-order valence-corrected chi connectivity index (χ1v) is 8.45. The minimum atomic E-state index is -0.432. The molecule has 1 aromatic rings. The largest absolute Gasteiger partial charge is 0.389 e. The number of aryl methyl sites for hydroxylation is 1. The number of ether oxygens (including phenoxy) is 1. The zero-order chi connectivity index (χ0) is 16.5. The van der Waals surface area contributed by atoms with Crippen LogP contribution in [0, 0.1) is 12.8 Å². The van der Waals surface area contributed by atoms with Crippen LogP contribution in [0.15, 0.2) is 24.3 Å². The molecule has 1 aromatic carbocycles. The highest BCUT2D eigenvalue weighted by Gasteiger charge is 2.14. The molecule has 0 heterocycles. The van der Waals surface area contributed by atoms with Gasteiger partial charge in [0.15, 0.2) is 0 Å². The number of hydrogen-bond acceptors (Lipinski definition) is 3. The van der Waals surface area contributed by atoms with Crippen molar-refractivity contribution in [2.75, 3.05) is 19.7 Å². The molecular weight excluding hydrogens is 274 g/mol. The molecule has 1 atom stereocenters. The van der Waals surface area contributed by atoms with Gasteiger partial charge in [-0.25, -0.2) is 0 Å². The summed E-state index contributed by atoms with van der Waals surface area (Å²) >= 11 is 0. The molecular formula is C19H33NO2. The monoisotopic (exact) mass is 307 g/mol. The van der Waals surface area contributed by atoms with E-state index in [1.54, 1.807) is 0 Å². The van der Waals surface area contributed by atoms with Crippen molar-refractivity contribution in [3.63, 3.8) is 0 Å². The Morgan fingerprint density at radius 3 is 2.41 bits per heavy atom. The number of rotatable bonds is 10. The van der Waals surface area contributed by atoms with Gasteiger partial charge in [0.1, 0.15) is 0 Å². The van der Waals surface area contributed by atoms with Crippen LogP contribution in [-0.2, 0) is 11.3 Å². The quantitative estimate of drug-likeness (QED) is 0.716. The smallest absolute Gasteiger partial charge is 0.0900 e. The Bertz CT molecular complexity index is 418. The first kappa shape index (κ1) is 19.1. The van der Waals surface area contributed by atoms with Gasteiger partial charge >= 0.3 is 0 Å². The van der Waals surface area contributed by atoms with Crippen molar-refractivity contribution >= 4 is 0 Å². The van der Waals surface area contributed by atoms with Crippen LogP contribution in [0.3, 0.4) is 0 Å². The van der Waals surface area contributed by atoms with Gasteiger partial charge in [0, 0.05) is 13.1 Å². The summed E-state index contributed by atoms with van der Waals surface area (Å²) in [6.45, 7) is 13.6. The molecule has 0 bridgehead atoms. The van der Waals surface area contributed by atoms with E-state index in [1.807, 2.05) is 13.8 Å². The van der Waals surface area contributed by atoms with E-state index in [0.717, 1.165) is 19.5 Å². The lowest BCUT2D eigenvalue weighted by Gasteiger charge is -2.27. The van der Waals surface area contributed by atoms with Gasteiger partial charge in [-0.1, -0.05) is 38.1 Å². The molecule has 0 fully saturated rings. The van der Waals surface area contributed by atoms with Crippen molar-refractivity contribution in [3.05, 3.63) is 35.4 Å². The third kappa shape index (κ3) is 7.92. The molecule has 0 amide bonds. The zero-order valence-corrected chi connectivity index (χ0v) is 14.9. The van der Waals surface area contributed by atoms with E-state index in [-0.39, 0.29) is 6.10 Å². The van der Waals surface area contributed by atoms with Gasteiger partial charge in [-0.3, -0.25) is 4.90 Å². The van der Waals surface area contributed by atoms with Crippen molar-refractivity contribution in [2.45, 2.75) is 59.8 Å². The summed E-state index contributed by atoms with van der Waals surface area (Å²) in [5, 5.41) is 10.2. The summed E-state index contributed by atoms with van der Waals surface area (Å²) < 4.78 is 5.53. The Hall–Kier alpha value is -0.900. The Labute approximate surface area is 136 Å². The Balaban J connectivity index is 2.61. The minimum absolute atomic E-state index is 0.162. The van der Waals surface area contributed by atoms with Crippen molar-refractivity contribution in [1.82, 2.24) is 4.90 Å². The Kier molecular flexibility index (Phi) is 8.69. The molecule has 1 unspecified atom stereocenters. The third-order valence-electron chi connectivity index (χ3n) is 3.77. The molecule has 0 saturated carbocycles. The second-order valence-corrected chi connectivity index (χ2v) is 6.88. The molecule has 1 rings (SSSR count). The van der Waals surface area contributed by atoms with Gasteiger partial charge in [-0.05, 0) is 50.8 Å². The molecule has 0 aromatic heterocycles. The van der Waals surface area contributed by atoms with Gasteiger partial charge in [-0.2, -0.15) is 0 Å². The summed E-state index contributed by atoms with van der Waals surface area (Å²) in [5.41, 5.74) is 2.65. The maximum absolute atomic E-state index is 10.2. The molecule has 0 radical (unpaired) electrons. The van der Waals surface area contributed by atoms with Crippen LogP contribution < -0.4 is 0 Å². The van der Waals surface area contributed by atoms with Gasteiger partial charge < -0.3 is 9.84 Å². The second kappa shape index (κ2) is 9.98. The average Bonchev–Trinajstić information content (AvgIpc) is 2.45. The van der Waals surface area contributed by atoms with Gasteiger partial charge in [-0.15, -0.1) is 0 Å². The molecule has 0 saturated heterocycles. The van der Waals surface area contributed by atoms with E-state index in [2.05, 4.69) is 49.9 Å². The van der Waals surface area contributed by atoms with Crippen molar-refractivity contribution in [1.29, 1.82) is 0 Å². The molecule has 0 aliphatic carbocycles. The maximum atomic E-state index is 10.2. The van der Waals surface area contributed by atoms with E-state index in [0.29, 0.717) is 19.1 Å². The lowest BCUT2D eigenvalue weighted by molar-refractivity contribution is -0.00999. The lowest BCUT2D eigenvalue weighted by atomic mass is 10.1. The van der Waals surface area contributed by atoms with E-state index >= 15 is 0 Å². The summed E-state index contributed by atoms with van der Waals surface area (Å²) in [6.07, 6.45) is 0.873. The highest BCUT2D eigenvalue weighted by atomic mass is 16.5. The van der Waals surface area contributed by atoms with E-state index in [1.165, 1.54) is 11.1 Å². The number of hydrogen-bond donors (Lipinski definition) is 1. The molecule has 0 spiro atoms. The van der Waals surface area contributed by atoms with Gasteiger partial charge in [0.2, 0.25) is 0 Å². The Morgan fingerprint density at radius 1 is 1.14 bits per heavy atom. The number of aliphatic hydroxyl groups excluding tert-OH is 1. The van der Waals surface area contributed by atoms with E-state index < -0.39 is 6.10 Å². The van der Waals surface area contributed by atoms with Crippen molar-refractivity contribution < 1.29 is 9.84 Å². The van der Waals surface area contributed by atoms with Crippen LogP contribution in [0.25, 0.3) is 0 Å². The van der Waals surface area contributed by atoms with Crippen LogP contribution in [0.1, 0.15) is 45.2 Å². The molecule has 0 aliphatic heterocycles. The van der Waals surface area contributed by atoms with Crippen LogP contribution in [0.2, 0.25) is 0 Å². The summed E-state index contributed by atoms with van der Waals surface area (Å²) in [4.78, 5) is 2.34. The summed E-state index contributed by atoms with van der Waals surface area (Å²) in [5.74, 6) is 0.670. The standard InChI is InChI=1S/C19H33NO2/c1-15(2)10-11-20(13-19(21)14-22-16(3)4)12-18-9-7-6-8-17(18)5/h6-9,15-16,19,21H,10-14H2,1-5H3. The van der Waals surface area contributed by atoms with Crippen LogP contribution in [0.4, 0.5) is 0 Å². The van der Waals surface area contributed by atoms with Gasteiger partial charge in [0.25, 0.3) is 0 Å². The van der Waals surface area contributed by atoms with E-state index in [9.17, 15) is 5.11 Å². The Morgan fingerprint density at radius 2 is 1.82 bits per heavy atom. The normalized spacial score (nSPS) is 13.3. The van der Waals surface area contributed by atoms with Crippen LogP contribution in [0.5, 0.6) is 0 Å². The molecule has 0 aliphatic rings. The third-order valence-corrected chi connectivity index (χ3v) is 3.77. The molecule has 1 N–H and O–H groups in total. The van der Waals surface area contributed by atoms with Crippen molar-refractivity contribution in [2.24, 2.45) is 5.92 Å². The molecule has 3 nitrogen and oxygen atoms in total. The number of nitrogens with zero attached hydrogens (tertiary/aromatic N) is 1. The number of benzene rings is 1. The fourth-order valence-electron chi connectivity index (χ4n) is 2.36.